The van der Waals surface area contributed by atoms with Crippen molar-refractivity contribution in [3.05, 3.63) is 42.0 Å². The molecule has 2 aromatic rings. The van der Waals surface area contributed by atoms with E-state index in [-0.39, 0.29) is 5.60 Å². The summed E-state index contributed by atoms with van der Waals surface area (Å²) in [5.41, 5.74) is 1.31. The first-order chi connectivity index (χ1) is 7.66. The maximum Gasteiger partial charge on any atom is 0.131 e. The maximum atomic E-state index is 6.13. The molecule has 0 saturated carbocycles. The number of hydrogen-bond acceptors (Lipinski definition) is 1. The summed E-state index contributed by atoms with van der Waals surface area (Å²) in [7, 11) is 0. The quantitative estimate of drug-likeness (QED) is 0.642. The number of ether oxygens (including phenoxy) is 1. The molecule has 1 aliphatic rings. The number of rotatable bonds is 0. The van der Waals surface area contributed by atoms with Crippen LogP contribution in [0.1, 0.15) is 25.8 Å². The molecule has 0 spiro atoms. The van der Waals surface area contributed by atoms with Crippen molar-refractivity contribution in [2.45, 2.75) is 32.3 Å². The second kappa shape index (κ2) is 3.24. The molecule has 0 bridgehead atoms. The number of benzene rings is 2. The molecule has 16 heavy (non-hydrogen) atoms. The van der Waals surface area contributed by atoms with Crippen LogP contribution in [0.25, 0.3) is 10.8 Å². The van der Waals surface area contributed by atoms with Crippen LogP contribution in [0.2, 0.25) is 0 Å². The van der Waals surface area contributed by atoms with Crippen LogP contribution in [0.5, 0.6) is 5.75 Å². The third-order valence-electron chi connectivity index (χ3n) is 3.34. The van der Waals surface area contributed by atoms with Crippen molar-refractivity contribution in [3.8, 4) is 5.75 Å². The van der Waals surface area contributed by atoms with E-state index in [0.29, 0.717) is 0 Å². The van der Waals surface area contributed by atoms with Crippen molar-refractivity contribution >= 4 is 10.8 Å². The van der Waals surface area contributed by atoms with E-state index in [1.807, 2.05) is 0 Å². The Bertz CT molecular complexity index is 540. The maximum absolute atomic E-state index is 6.13. The summed E-state index contributed by atoms with van der Waals surface area (Å²) in [6, 6.07) is 12.8. The zero-order valence-electron chi connectivity index (χ0n) is 9.79. The van der Waals surface area contributed by atoms with Gasteiger partial charge in [-0.25, -0.2) is 0 Å². The van der Waals surface area contributed by atoms with E-state index in [1.165, 1.54) is 16.3 Å². The first-order valence-electron chi connectivity index (χ1n) is 5.85. The van der Waals surface area contributed by atoms with Crippen LogP contribution in [0, 0.1) is 0 Å². The minimum atomic E-state index is -0.0306. The van der Waals surface area contributed by atoms with Gasteiger partial charge in [0.2, 0.25) is 0 Å². The summed E-state index contributed by atoms with van der Waals surface area (Å²) < 4.78 is 6.13. The van der Waals surface area contributed by atoms with Gasteiger partial charge in [-0.05, 0) is 37.6 Å². The van der Waals surface area contributed by atoms with Gasteiger partial charge in [-0.3, -0.25) is 0 Å². The zero-order chi connectivity index (χ0) is 11.2. The van der Waals surface area contributed by atoms with Crippen molar-refractivity contribution < 1.29 is 4.74 Å². The van der Waals surface area contributed by atoms with Crippen molar-refractivity contribution in [1.82, 2.24) is 0 Å². The third kappa shape index (κ3) is 1.47. The molecule has 0 amide bonds. The van der Waals surface area contributed by atoms with Gasteiger partial charge < -0.3 is 4.74 Å². The summed E-state index contributed by atoms with van der Waals surface area (Å²) in [5.74, 6) is 1.09. The topological polar surface area (TPSA) is 9.23 Å². The van der Waals surface area contributed by atoms with E-state index >= 15 is 0 Å². The molecule has 0 aliphatic carbocycles. The molecule has 0 aromatic heterocycles. The molecule has 82 valence electrons. The van der Waals surface area contributed by atoms with E-state index in [4.69, 9.17) is 4.74 Å². The number of aryl methyl sites for hydroxylation is 1. The van der Waals surface area contributed by atoms with Crippen molar-refractivity contribution in [2.75, 3.05) is 0 Å². The van der Waals surface area contributed by atoms with Gasteiger partial charge in [-0.2, -0.15) is 0 Å². The highest BCUT2D eigenvalue weighted by Gasteiger charge is 2.27. The molecular weight excluding hydrogens is 196 g/mol. The Hall–Kier alpha value is -1.50. The van der Waals surface area contributed by atoms with Crippen molar-refractivity contribution in [2.24, 2.45) is 0 Å². The molecule has 0 N–H and O–H groups in total. The molecule has 0 atom stereocenters. The highest BCUT2D eigenvalue weighted by Crippen LogP contribution is 2.38. The Balaban J connectivity index is 2.25. The van der Waals surface area contributed by atoms with Crippen LogP contribution < -0.4 is 4.74 Å². The zero-order valence-corrected chi connectivity index (χ0v) is 9.79. The first kappa shape index (κ1) is 9.71. The lowest BCUT2D eigenvalue weighted by atomic mass is 9.92. The van der Waals surface area contributed by atoms with Gasteiger partial charge in [0.05, 0.1) is 0 Å². The molecule has 0 unspecified atom stereocenters. The van der Waals surface area contributed by atoms with Gasteiger partial charge in [-0.15, -0.1) is 0 Å². The van der Waals surface area contributed by atoms with Gasteiger partial charge in [0.1, 0.15) is 11.4 Å². The van der Waals surface area contributed by atoms with Gasteiger partial charge in [0.25, 0.3) is 0 Å². The molecule has 1 heterocycles. The van der Waals surface area contributed by atoms with Crippen molar-refractivity contribution in [3.63, 3.8) is 0 Å². The second-order valence-electron chi connectivity index (χ2n) is 5.14. The van der Waals surface area contributed by atoms with E-state index < -0.39 is 0 Å². The van der Waals surface area contributed by atoms with Crippen LogP contribution in [-0.4, -0.2) is 5.60 Å². The van der Waals surface area contributed by atoms with Crippen LogP contribution >= 0.6 is 0 Å². The Morgan fingerprint density at radius 2 is 1.88 bits per heavy atom. The normalized spacial score (nSPS) is 17.9. The fourth-order valence-corrected chi connectivity index (χ4v) is 2.37. The molecule has 0 fully saturated rings. The molecule has 1 heteroatoms. The standard InChI is InChI=1S/C15H16O/c1-15(2)10-9-12-8-7-11-5-3-4-6-13(11)14(12)16-15/h3-8H,9-10H2,1-2H3. The largest absolute Gasteiger partial charge is 0.487 e. The van der Waals surface area contributed by atoms with Crippen LogP contribution in [-0.2, 0) is 6.42 Å². The molecule has 1 nitrogen and oxygen atoms in total. The average molecular weight is 212 g/mol. The summed E-state index contributed by atoms with van der Waals surface area (Å²) in [5, 5.41) is 2.51. The van der Waals surface area contributed by atoms with Gasteiger partial charge in [0, 0.05) is 5.39 Å². The minimum absolute atomic E-state index is 0.0306. The van der Waals surface area contributed by atoms with Gasteiger partial charge in [-0.1, -0.05) is 36.4 Å². The van der Waals surface area contributed by atoms with E-state index in [9.17, 15) is 0 Å². The monoisotopic (exact) mass is 212 g/mol. The SMILES string of the molecule is CC1(C)CCc2ccc3ccccc3c2O1. The van der Waals surface area contributed by atoms with E-state index in [1.54, 1.807) is 0 Å². The lowest BCUT2D eigenvalue weighted by Crippen LogP contribution is -2.32. The smallest absolute Gasteiger partial charge is 0.131 e. The third-order valence-corrected chi connectivity index (χ3v) is 3.34. The van der Waals surface area contributed by atoms with Crippen LogP contribution in [0.4, 0.5) is 0 Å². The van der Waals surface area contributed by atoms with E-state index in [2.05, 4.69) is 50.2 Å². The van der Waals surface area contributed by atoms with Crippen LogP contribution in [0.3, 0.4) is 0 Å². The highest BCUT2D eigenvalue weighted by molar-refractivity contribution is 5.89. The molecule has 0 saturated heterocycles. The molecule has 2 aromatic carbocycles. The summed E-state index contributed by atoms with van der Waals surface area (Å²) in [4.78, 5) is 0. The second-order valence-corrected chi connectivity index (χ2v) is 5.14. The summed E-state index contributed by atoms with van der Waals surface area (Å²) in [6.07, 6.45) is 2.21. The number of fused-ring (bicyclic) bond motifs is 3. The molecule has 3 rings (SSSR count). The van der Waals surface area contributed by atoms with Crippen molar-refractivity contribution in [1.29, 1.82) is 0 Å². The predicted molar refractivity (Wildman–Crippen MR) is 67.0 cm³/mol. The lowest BCUT2D eigenvalue weighted by Gasteiger charge is -2.33. The van der Waals surface area contributed by atoms with Crippen LogP contribution in [0.15, 0.2) is 36.4 Å². The minimum Gasteiger partial charge on any atom is -0.487 e. The average Bonchev–Trinajstić information content (AvgIpc) is 2.28. The fourth-order valence-electron chi connectivity index (χ4n) is 2.37. The molecule has 0 radical (unpaired) electrons. The van der Waals surface area contributed by atoms with Gasteiger partial charge >= 0.3 is 0 Å². The number of hydrogen-bond donors (Lipinski definition) is 0. The first-order valence-corrected chi connectivity index (χ1v) is 5.85. The predicted octanol–water partition coefficient (Wildman–Crippen LogP) is 3.94. The Morgan fingerprint density at radius 3 is 2.75 bits per heavy atom. The fraction of sp³-hybridized carbons (Fsp3) is 0.333. The molecule has 1 aliphatic heterocycles. The molecular formula is C15H16O. The van der Waals surface area contributed by atoms with Gasteiger partial charge in [0.15, 0.2) is 0 Å². The highest BCUT2D eigenvalue weighted by atomic mass is 16.5. The summed E-state index contributed by atoms with van der Waals surface area (Å²) in [6.45, 7) is 4.33. The Morgan fingerprint density at radius 1 is 1.06 bits per heavy atom. The lowest BCUT2D eigenvalue weighted by molar-refractivity contribution is 0.0869. The summed E-state index contributed by atoms with van der Waals surface area (Å²) >= 11 is 0. The Kier molecular flexibility index (Phi) is 1.97. The van der Waals surface area contributed by atoms with E-state index in [0.717, 1.165) is 18.6 Å². The Labute approximate surface area is 96.0 Å².